The predicted molar refractivity (Wildman–Crippen MR) is 81.3 cm³/mol. The van der Waals surface area contributed by atoms with Crippen LogP contribution in [-0.4, -0.2) is 33.0 Å². The van der Waals surface area contributed by atoms with Crippen LogP contribution in [0.2, 0.25) is 0 Å². The molecule has 108 valence electrons. The Bertz CT molecular complexity index is 442. The van der Waals surface area contributed by atoms with E-state index in [1.807, 2.05) is 6.07 Å². The highest BCUT2D eigenvalue weighted by Crippen LogP contribution is 2.17. The molecule has 0 fully saturated rings. The Hall–Kier alpha value is -0.870. The summed E-state index contributed by atoms with van der Waals surface area (Å²) in [5.74, 6) is 1.08. The van der Waals surface area contributed by atoms with E-state index in [0.717, 1.165) is 19.5 Å². The lowest BCUT2D eigenvalue weighted by molar-refractivity contribution is 0.576. The van der Waals surface area contributed by atoms with E-state index in [-0.39, 0.29) is 5.75 Å². The molecule has 4 heteroatoms. The summed E-state index contributed by atoms with van der Waals surface area (Å²) in [5.41, 5.74) is 1.36. The van der Waals surface area contributed by atoms with E-state index in [0.29, 0.717) is 18.1 Å². The average molecular weight is 283 g/mol. The molecule has 0 saturated carbocycles. The fourth-order valence-corrected chi connectivity index (χ4v) is 2.83. The number of nitrogens with one attached hydrogen (secondary N) is 1. The molecule has 3 nitrogen and oxygen atoms in total. The molecule has 19 heavy (non-hydrogen) atoms. The Kier molecular flexibility index (Phi) is 7.10. The third-order valence-electron chi connectivity index (χ3n) is 3.37. The molecule has 1 aromatic carbocycles. The second-order valence-electron chi connectivity index (χ2n) is 4.94. The van der Waals surface area contributed by atoms with Gasteiger partial charge in [0.25, 0.3) is 0 Å². The molecular weight excluding hydrogens is 258 g/mol. The normalized spacial score (nSPS) is 13.4. The first-order chi connectivity index (χ1) is 9.05. The molecule has 1 aromatic rings. The first-order valence-electron chi connectivity index (χ1n) is 7.01. The fraction of sp³-hybridized carbons (Fsp3) is 0.600. The van der Waals surface area contributed by atoms with Crippen molar-refractivity contribution in [3.8, 4) is 0 Å². The van der Waals surface area contributed by atoms with E-state index in [1.165, 1.54) is 5.56 Å². The lowest BCUT2D eigenvalue weighted by Gasteiger charge is -2.12. The van der Waals surface area contributed by atoms with Gasteiger partial charge in [-0.15, -0.1) is 0 Å². The van der Waals surface area contributed by atoms with Gasteiger partial charge in [0.05, 0.1) is 5.75 Å². The number of rotatable bonds is 9. The Labute approximate surface area is 117 Å². The molecule has 0 radical (unpaired) electrons. The maximum absolute atomic E-state index is 11.3. The Morgan fingerprint density at radius 3 is 2.47 bits per heavy atom. The van der Waals surface area contributed by atoms with Crippen LogP contribution >= 0.6 is 0 Å². The lowest BCUT2D eigenvalue weighted by atomic mass is 9.98. The second-order valence-corrected chi connectivity index (χ2v) is 7.41. The largest absolute Gasteiger partial charge is 0.317 e. The zero-order chi connectivity index (χ0) is 14.1. The van der Waals surface area contributed by atoms with Gasteiger partial charge in [-0.05, 0) is 37.4 Å². The molecular formula is C15H25NO2S. The molecule has 0 spiro atoms. The maximum atomic E-state index is 11.3. The topological polar surface area (TPSA) is 46.2 Å². The summed E-state index contributed by atoms with van der Waals surface area (Å²) in [6.45, 7) is 5.63. The highest BCUT2D eigenvalue weighted by molar-refractivity contribution is 7.91. The molecule has 0 heterocycles. The summed E-state index contributed by atoms with van der Waals surface area (Å²) < 4.78 is 22.6. The zero-order valence-corrected chi connectivity index (χ0v) is 12.7. The first kappa shape index (κ1) is 16.2. The fourth-order valence-electron chi connectivity index (χ4n) is 1.95. The van der Waals surface area contributed by atoms with Gasteiger partial charge in [-0.3, -0.25) is 0 Å². The van der Waals surface area contributed by atoms with E-state index in [2.05, 4.69) is 36.5 Å². The molecule has 1 atom stereocenters. The van der Waals surface area contributed by atoms with Crippen LogP contribution in [0.1, 0.15) is 38.2 Å². The summed E-state index contributed by atoms with van der Waals surface area (Å²) in [6, 6.07) is 10.5. The SMILES string of the molecule is CCS(=O)(=O)CCCNCCC(C)c1ccccc1. The summed E-state index contributed by atoms with van der Waals surface area (Å²) in [6.07, 6.45) is 1.78. The molecule has 1 unspecified atom stereocenters. The monoisotopic (exact) mass is 283 g/mol. The summed E-state index contributed by atoms with van der Waals surface area (Å²) in [5, 5.41) is 3.32. The minimum absolute atomic E-state index is 0.248. The van der Waals surface area contributed by atoms with Gasteiger partial charge >= 0.3 is 0 Å². The van der Waals surface area contributed by atoms with Crippen LogP contribution in [0.15, 0.2) is 30.3 Å². The highest BCUT2D eigenvalue weighted by atomic mass is 32.2. The van der Waals surface area contributed by atoms with Crippen LogP contribution in [0, 0.1) is 0 Å². The van der Waals surface area contributed by atoms with Crippen molar-refractivity contribution < 1.29 is 8.42 Å². The third-order valence-corrected chi connectivity index (χ3v) is 5.16. The summed E-state index contributed by atoms with van der Waals surface area (Å²) >= 11 is 0. The van der Waals surface area contributed by atoms with Crippen molar-refractivity contribution in [3.63, 3.8) is 0 Å². The molecule has 0 aliphatic carbocycles. The van der Waals surface area contributed by atoms with Crippen molar-refractivity contribution in [1.29, 1.82) is 0 Å². The highest BCUT2D eigenvalue weighted by Gasteiger charge is 2.06. The van der Waals surface area contributed by atoms with Gasteiger partial charge in [-0.2, -0.15) is 0 Å². The summed E-state index contributed by atoms with van der Waals surface area (Å²) in [4.78, 5) is 0. The minimum atomic E-state index is -2.81. The van der Waals surface area contributed by atoms with Gasteiger partial charge in [0.1, 0.15) is 9.84 Å². The molecule has 0 aromatic heterocycles. The van der Waals surface area contributed by atoms with Gasteiger partial charge in [0, 0.05) is 5.75 Å². The number of hydrogen-bond donors (Lipinski definition) is 1. The van der Waals surface area contributed by atoms with Gasteiger partial charge in [0.2, 0.25) is 0 Å². The number of benzene rings is 1. The molecule has 0 bridgehead atoms. The van der Waals surface area contributed by atoms with Crippen molar-refractivity contribution in [2.75, 3.05) is 24.6 Å². The number of hydrogen-bond acceptors (Lipinski definition) is 3. The standard InChI is InChI=1S/C15H25NO2S/c1-3-19(17,18)13-7-11-16-12-10-14(2)15-8-5-4-6-9-15/h4-6,8-9,14,16H,3,7,10-13H2,1-2H3. The molecule has 1 rings (SSSR count). The van der Waals surface area contributed by atoms with Crippen molar-refractivity contribution in [1.82, 2.24) is 5.32 Å². The van der Waals surface area contributed by atoms with Crippen LogP contribution < -0.4 is 5.32 Å². The van der Waals surface area contributed by atoms with E-state index in [1.54, 1.807) is 6.92 Å². The van der Waals surface area contributed by atoms with Crippen molar-refractivity contribution in [2.45, 2.75) is 32.6 Å². The predicted octanol–water partition coefficient (Wildman–Crippen LogP) is 2.59. The number of sulfone groups is 1. The van der Waals surface area contributed by atoms with E-state index < -0.39 is 9.84 Å². The minimum Gasteiger partial charge on any atom is -0.317 e. The van der Waals surface area contributed by atoms with Crippen LogP contribution in [0.3, 0.4) is 0 Å². The lowest BCUT2D eigenvalue weighted by Crippen LogP contribution is -2.21. The quantitative estimate of drug-likeness (QED) is 0.709. The Morgan fingerprint density at radius 2 is 1.84 bits per heavy atom. The van der Waals surface area contributed by atoms with E-state index >= 15 is 0 Å². The molecule has 1 N–H and O–H groups in total. The van der Waals surface area contributed by atoms with Crippen LogP contribution in [0.4, 0.5) is 0 Å². The van der Waals surface area contributed by atoms with E-state index in [4.69, 9.17) is 0 Å². The molecule has 0 aliphatic rings. The molecule has 0 aliphatic heterocycles. The van der Waals surface area contributed by atoms with Gasteiger partial charge in [-0.1, -0.05) is 44.2 Å². The average Bonchev–Trinajstić information content (AvgIpc) is 2.43. The zero-order valence-electron chi connectivity index (χ0n) is 11.9. The maximum Gasteiger partial charge on any atom is 0.150 e. The third kappa shape index (κ3) is 6.73. The first-order valence-corrected chi connectivity index (χ1v) is 8.83. The van der Waals surface area contributed by atoms with E-state index in [9.17, 15) is 8.42 Å². The summed E-state index contributed by atoms with van der Waals surface area (Å²) in [7, 11) is -2.81. The van der Waals surface area contributed by atoms with Crippen molar-refractivity contribution >= 4 is 9.84 Å². The second kappa shape index (κ2) is 8.33. The molecule has 0 saturated heterocycles. The van der Waals surface area contributed by atoms with Gasteiger partial charge in [0.15, 0.2) is 0 Å². The van der Waals surface area contributed by atoms with Crippen LogP contribution in [-0.2, 0) is 9.84 Å². The van der Waals surface area contributed by atoms with Gasteiger partial charge in [-0.25, -0.2) is 8.42 Å². The molecule has 0 amide bonds. The van der Waals surface area contributed by atoms with Crippen molar-refractivity contribution in [2.24, 2.45) is 0 Å². The van der Waals surface area contributed by atoms with Crippen LogP contribution in [0.25, 0.3) is 0 Å². The Balaban J connectivity index is 2.12. The smallest absolute Gasteiger partial charge is 0.150 e. The van der Waals surface area contributed by atoms with Crippen molar-refractivity contribution in [3.05, 3.63) is 35.9 Å². The van der Waals surface area contributed by atoms with Gasteiger partial charge < -0.3 is 5.32 Å². The van der Waals surface area contributed by atoms with Crippen LogP contribution in [0.5, 0.6) is 0 Å². The Morgan fingerprint density at radius 1 is 1.16 bits per heavy atom.